The van der Waals surface area contributed by atoms with Gasteiger partial charge in [0.25, 0.3) is 5.56 Å². The van der Waals surface area contributed by atoms with Crippen LogP contribution in [0.3, 0.4) is 0 Å². The highest BCUT2D eigenvalue weighted by Gasteiger charge is 2.38. The highest BCUT2D eigenvalue weighted by molar-refractivity contribution is 7.99. The first-order chi connectivity index (χ1) is 24.1. The van der Waals surface area contributed by atoms with Crippen LogP contribution in [0, 0.1) is 6.92 Å². The maximum atomic E-state index is 12.6. The van der Waals surface area contributed by atoms with Crippen molar-refractivity contribution in [3.05, 3.63) is 43.0 Å². The molecule has 1 aliphatic rings. The third-order valence-corrected chi connectivity index (χ3v) is 11.7. The maximum absolute atomic E-state index is 12.6. The molecule has 0 aliphatic carbocycles. The monoisotopic (exact) mass is 745 g/mol. The summed E-state index contributed by atoms with van der Waals surface area (Å²) in [5.41, 5.74) is 8.12. The SMILES string of the molecule is CCCCCCCCCCCCSC(CCCCCCC)C(C)OCCCOP(=O)(O)OC[C@H]1O[C@@H](n2cc(C)c(=O)[nH]c2=O)C[C@@H]1N=[N+]=[N-]. The van der Waals surface area contributed by atoms with Crippen LogP contribution in [0.15, 0.2) is 20.9 Å². The molecule has 2 heterocycles. The van der Waals surface area contributed by atoms with Crippen molar-refractivity contribution in [3.63, 3.8) is 0 Å². The quantitative estimate of drug-likeness (QED) is 0.0255. The Kier molecular flexibility index (Phi) is 23.3. The number of nitrogens with one attached hydrogen (secondary N) is 1. The minimum Gasteiger partial charge on any atom is -0.377 e. The van der Waals surface area contributed by atoms with Crippen molar-refractivity contribution in [1.82, 2.24) is 9.55 Å². The van der Waals surface area contributed by atoms with Crippen molar-refractivity contribution < 1.29 is 28.0 Å². The molecule has 2 rings (SSSR count). The number of nitrogens with zero attached hydrogens (tertiary/aromatic N) is 4. The van der Waals surface area contributed by atoms with Gasteiger partial charge in [0, 0.05) is 34.9 Å². The molecule has 3 unspecified atom stereocenters. The van der Waals surface area contributed by atoms with Crippen LogP contribution in [0.25, 0.3) is 10.4 Å². The molecule has 0 spiro atoms. The fraction of sp³-hybridized carbons (Fsp3) is 0.886. The Balaban J connectivity index is 1.73. The summed E-state index contributed by atoms with van der Waals surface area (Å²) in [4.78, 5) is 39.4. The van der Waals surface area contributed by atoms with E-state index in [-0.39, 0.29) is 19.1 Å². The summed E-state index contributed by atoms with van der Waals surface area (Å²) in [5.74, 6) is 1.14. The van der Waals surface area contributed by atoms with E-state index in [4.69, 9.17) is 24.1 Å². The van der Waals surface area contributed by atoms with Gasteiger partial charge in [0.05, 0.1) is 31.5 Å². The first-order valence-electron chi connectivity index (χ1n) is 19.0. The van der Waals surface area contributed by atoms with Gasteiger partial charge in [-0.3, -0.25) is 23.4 Å². The zero-order valence-electron chi connectivity index (χ0n) is 31.0. The van der Waals surface area contributed by atoms with Gasteiger partial charge in [-0.05, 0) is 44.4 Å². The van der Waals surface area contributed by atoms with Crippen LogP contribution in [0.5, 0.6) is 0 Å². The van der Waals surface area contributed by atoms with E-state index >= 15 is 0 Å². The lowest BCUT2D eigenvalue weighted by Gasteiger charge is -2.24. The highest BCUT2D eigenvalue weighted by atomic mass is 32.2. The van der Waals surface area contributed by atoms with Gasteiger partial charge in [0.2, 0.25) is 0 Å². The molecule has 0 saturated carbocycles. The second kappa shape index (κ2) is 26.2. The molecule has 15 heteroatoms. The Bertz CT molecular complexity index is 1280. The Hall–Kier alpha value is -1.63. The Morgan fingerprint density at radius 3 is 2.26 bits per heavy atom. The number of rotatable bonds is 30. The average Bonchev–Trinajstić information content (AvgIpc) is 3.49. The summed E-state index contributed by atoms with van der Waals surface area (Å²) in [6.45, 7) is 8.13. The van der Waals surface area contributed by atoms with Gasteiger partial charge in [0.1, 0.15) is 6.23 Å². The first-order valence-corrected chi connectivity index (χ1v) is 21.5. The molecule has 0 bridgehead atoms. The molecule has 288 valence electrons. The van der Waals surface area contributed by atoms with E-state index in [0.29, 0.717) is 23.8 Å². The van der Waals surface area contributed by atoms with Crippen LogP contribution >= 0.6 is 19.6 Å². The van der Waals surface area contributed by atoms with Crippen LogP contribution in [-0.2, 0) is 23.1 Å². The normalized spacial score (nSPS) is 20.0. The number of aryl methyl sites for hydroxylation is 1. The number of phosphoric ester groups is 1. The first kappa shape index (κ1) is 44.5. The van der Waals surface area contributed by atoms with Crippen molar-refractivity contribution >= 4 is 19.6 Å². The smallest absolute Gasteiger partial charge is 0.377 e. The second-order valence-electron chi connectivity index (χ2n) is 13.4. The molecule has 1 aromatic rings. The van der Waals surface area contributed by atoms with E-state index in [1.807, 2.05) is 11.8 Å². The fourth-order valence-corrected chi connectivity index (χ4v) is 8.20. The summed E-state index contributed by atoms with van der Waals surface area (Å²) < 4.78 is 36.2. The number of unbranched alkanes of at least 4 members (excludes halogenated alkanes) is 13. The van der Waals surface area contributed by atoms with Gasteiger partial charge in [-0.1, -0.05) is 109 Å². The standard InChI is InChI=1S/C35H64N5O8PS/c1-5-7-9-11-12-13-14-15-17-19-24-50-32(21-18-16-10-8-6-2)29(4)45-22-20-23-46-49(43,44)47-27-31-30(38-39-36)25-33(48-31)40-26-28(3)34(41)37-35(40)42/h26,29-33H,5-25,27H2,1-4H3,(H,43,44)(H,37,41,42)/t29?,30-,31+,32?,33+/m0/s1. The second-order valence-corrected chi connectivity index (χ2v) is 16.2. The van der Waals surface area contributed by atoms with Gasteiger partial charge < -0.3 is 14.4 Å². The van der Waals surface area contributed by atoms with Crippen LogP contribution in [0.4, 0.5) is 0 Å². The van der Waals surface area contributed by atoms with E-state index in [0.717, 1.165) is 12.2 Å². The van der Waals surface area contributed by atoms with Gasteiger partial charge in [-0.25, -0.2) is 9.36 Å². The summed E-state index contributed by atoms with van der Waals surface area (Å²) >= 11 is 2.02. The number of azide groups is 1. The lowest BCUT2D eigenvalue weighted by Crippen LogP contribution is -2.33. The van der Waals surface area contributed by atoms with E-state index < -0.39 is 44.1 Å². The number of aromatic nitrogens is 2. The molecule has 1 fully saturated rings. The largest absolute Gasteiger partial charge is 0.472 e. The molecule has 2 N–H and O–H groups in total. The van der Waals surface area contributed by atoms with E-state index in [9.17, 15) is 19.0 Å². The molecule has 1 aliphatic heterocycles. The topological polar surface area (TPSA) is 178 Å². The molecule has 6 atom stereocenters. The Morgan fingerprint density at radius 2 is 1.62 bits per heavy atom. The number of ether oxygens (including phenoxy) is 2. The molecule has 0 radical (unpaired) electrons. The number of aromatic amines is 1. The zero-order valence-corrected chi connectivity index (χ0v) is 32.7. The minimum atomic E-state index is -4.44. The van der Waals surface area contributed by atoms with Gasteiger partial charge in [-0.15, -0.1) is 0 Å². The Labute approximate surface area is 303 Å². The number of H-pyrrole nitrogens is 1. The van der Waals surface area contributed by atoms with E-state index in [1.54, 1.807) is 6.92 Å². The summed E-state index contributed by atoms with van der Waals surface area (Å²) in [6.07, 6.45) is 20.9. The van der Waals surface area contributed by atoms with Crippen molar-refractivity contribution in [3.8, 4) is 0 Å². The number of phosphoric acid groups is 1. The van der Waals surface area contributed by atoms with E-state index in [1.165, 1.54) is 107 Å². The van der Waals surface area contributed by atoms with E-state index in [2.05, 4.69) is 35.8 Å². The Morgan fingerprint density at radius 1 is 1.00 bits per heavy atom. The molecule has 50 heavy (non-hydrogen) atoms. The number of thioether (sulfide) groups is 1. The highest BCUT2D eigenvalue weighted by Crippen LogP contribution is 2.44. The van der Waals surface area contributed by atoms with Crippen molar-refractivity contribution in [2.45, 2.75) is 173 Å². The summed E-state index contributed by atoms with van der Waals surface area (Å²) in [7, 11) is -4.44. The third kappa shape index (κ3) is 18.2. The van der Waals surface area contributed by atoms with Crippen molar-refractivity contribution in [2.24, 2.45) is 5.11 Å². The molecular formula is C35H64N5O8PS. The van der Waals surface area contributed by atoms with Crippen LogP contribution in [0.1, 0.15) is 148 Å². The van der Waals surface area contributed by atoms with Gasteiger partial charge in [0.15, 0.2) is 0 Å². The molecule has 1 aromatic heterocycles. The lowest BCUT2D eigenvalue weighted by molar-refractivity contribution is -0.0288. The average molecular weight is 746 g/mol. The van der Waals surface area contributed by atoms with Crippen LogP contribution in [-0.4, -0.2) is 63.5 Å². The van der Waals surface area contributed by atoms with Crippen LogP contribution in [0.2, 0.25) is 0 Å². The maximum Gasteiger partial charge on any atom is 0.472 e. The lowest BCUT2D eigenvalue weighted by atomic mass is 10.1. The van der Waals surface area contributed by atoms with Crippen LogP contribution < -0.4 is 11.2 Å². The summed E-state index contributed by atoms with van der Waals surface area (Å²) in [6, 6.07) is -0.762. The predicted octanol–water partition coefficient (Wildman–Crippen LogP) is 9.12. The fourth-order valence-electron chi connectivity index (χ4n) is 6.07. The van der Waals surface area contributed by atoms with Gasteiger partial charge in [-0.2, -0.15) is 11.8 Å². The zero-order chi connectivity index (χ0) is 36.6. The van der Waals surface area contributed by atoms with Crippen molar-refractivity contribution in [2.75, 3.05) is 25.6 Å². The van der Waals surface area contributed by atoms with Crippen molar-refractivity contribution in [1.29, 1.82) is 0 Å². The molecule has 0 amide bonds. The number of hydrogen-bond donors (Lipinski definition) is 2. The molecule has 1 saturated heterocycles. The van der Waals surface area contributed by atoms with Gasteiger partial charge >= 0.3 is 13.5 Å². The predicted molar refractivity (Wildman–Crippen MR) is 201 cm³/mol. The molecular weight excluding hydrogens is 681 g/mol. The summed E-state index contributed by atoms with van der Waals surface area (Å²) in [5, 5.41) is 4.12. The molecule has 0 aromatic carbocycles. The molecule has 13 nitrogen and oxygen atoms in total. The minimum absolute atomic E-state index is 0.0338. The third-order valence-electron chi connectivity index (χ3n) is 9.13. The number of hydrogen-bond acceptors (Lipinski definition) is 9.